The van der Waals surface area contributed by atoms with Gasteiger partial charge in [-0.25, -0.2) is 4.79 Å². The molecule has 0 radical (unpaired) electrons. The fraction of sp³-hybridized carbons (Fsp3) is 0.250. The normalized spacial score (nSPS) is 9.70. The summed E-state index contributed by atoms with van der Waals surface area (Å²) in [6, 6.07) is 0. The van der Waals surface area contributed by atoms with Crippen LogP contribution < -0.4 is 11.4 Å². The Morgan fingerprint density at radius 3 is 2.70 bits per heavy atom. The molecule has 54 valence electrons. The van der Waals surface area contributed by atoms with Crippen molar-refractivity contribution in [2.24, 2.45) is 0 Å². The van der Waals surface area contributed by atoms with Gasteiger partial charge in [0, 0.05) is 0 Å². The van der Waals surface area contributed by atoms with Crippen LogP contribution in [-0.2, 0) is 0 Å². The average molecular weight is 142 g/mol. The van der Waals surface area contributed by atoms with Crippen LogP contribution in [0.1, 0.15) is 5.82 Å². The summed E-state index contributed by atoms with van der Waals surface area (Å²) in [7, 11) is 0. The van der Waals surface area contributed by atoms with Crippen molar-refractivity contribution < 1.29 is 5.21 Å². The van der Waals surface area contributed by atoms with Gasteiger partial charge in [0.2, 0.25) is 5.95 Å². The topological polar surface area (TPSA) is 94.0 Å². The Kier molecular flexibility index (Phi) is 1.29. The second-order valence-electron chi connectivity index (χ2n) is 1.72. The van der Waals surface area contributed by atoms with Crippen LogP contribution in [0.4, 0.5) is 5.95 Å². The molecule has 0 bridgehead atoms. The van der Waals surface area contributed by atoms with Gasteiger partial charge in [0.1, 0.15) is 5.82 Å². The van der Waals surface area contributed by atoms with Crippen molar-refractivity contribution >= 4 is 5.95 Å². The number of rotatable bonds is 0. The van der Waals surface area contributed by atoms with Crippen molar-refractivity contribution in [1.82, 2.24) is 14.7 Å². The lowest BCUT2D eigenvalue weighted by Crippen LogP contribution is -2.25. The number of nitrogens with zero attached hydrogens (tertiary/aromatic N) is 3. The molecule has 1 aromatic heterocycles. The molecular formula is C4H6N4O2. The second kappa shape index (κ2) is 1.98. The lowest BCUT2D eigenvalue weighted by molar-refractivity contribution is 0.172. The highest BCUT2D eigenvalue weighted by atomic mass is 16.5. The van der Waals surface area contributed by atoms with Gasteiger partial charge in [-0.15, -0.1) is 0 Å². The van der Waals surface area contributed by atoms with E-state index in [1.807, 2.05) is 0 Å². The molecule has 6 nitrogen and oxygen atoms in total. The van der Waals surface area contributed by atoms with E-state index in [9.17, 15) is 4.79 Å². The molecule has 0 fully saturated rings. The van der Waals surface area contributed by atoms with Gasteiger partial charge < -0.3 is 10.9 Å². The van der Waals surface area contributed by atoms with E-state index in [1.165, 1.54) is 6.92 Å². The molecule has 0 aliphatic carbocycles. The van der Waals surface area contributed by atoms with Crippen LogP contribution >= 0.6 is 0 Å². The number of hydrogen-bond acceptors (Lipinski definition) is 5. The first kappa shape index (κ1) is 6.53. The standard InChI is InChI=1S/C4H6N4O2/c1-2-6-3(5)8(10)4(9)7-2/h10H,1H3,(H2,5,6,7,9). The highest BCUT2D eigenvalue weighted by Crippen LogP contribution is 1.87. The maximum absolute atomic E-state index is 10.5. The summed E-state index contributed by atoms with van der Waals surface area (Å²) in [6.45, 7) is 1.51. The van der Waals surface area contributed by atoms with Gasteiger partial charge in [-0.2, -0.15) is 9.97 Å². The molecule has 3 N–H and O–H groups in total. The van der Waals surface area contributed by atoms with Crippen molar-refractivity contribution in [3.05, 3.63) is 16.3 Å². The number of aryl methyl sites for hydroxylation is 1. The van der Waals surface area contributed by atoms with E-state index in [0.29, 0.717) is 0 Å². The van der Waals surface area contributed by atoms with E-state index < -0.39 is 5.69 Å². The first-order valence-corrected chi connectivity index (χ1v) is 2.53. The number of nitrogen functional groups attached to an aromatic ring is 1. The van der Waals surface area contributed by atoms with Crippen LogP contribution in [-0.4, -0.2) is 19.9 Å². The van der Waals surface area contributed by atoms with E-state index in [2.05, 4.69) is 9.97 Å². The summed E-state index contributed by atoms with van der Waals surface area (Å²) < 4.78 is 0.187. The third-order valence-corrected chi connectivity index (χ3v) is 0.932. The molecule has 1 heterocycles. The average Bonchev–Trinajstić information content (AvgIpc) is 1.82. The largest absolute Gasteiger partial charge is 0.421 e. The first-order chi connectivity index (χ1) is 4.61. The van der Waals surface area contributed by atoms with Gasteiger partial charge in [-0.1, -0.05) is 4.73 Å². The summed E-state index contributed by atoms with van der Waals surface area (Å²) in [5, 5.41) is 8.68. The molecular weight excluding hydrogens is 136 g/mol. The van der Waals surface area contributed by atoms with Gasteiger partial charge in [0.05, 0.1) is 0 Å². The summed E-state index contributed by atoms with van der Waals surface area (Å²) in [4.78, 5) is 17.4. The predicted molar refractivity (Wildman–Crippen MR) is 32.6 cm³/mol. The molecule has 0 aromatic carbocycles. The number of anilines is 1. The lowest BCUT2D eigenvalue weighted by atomic mass is 10.7. The number of hydrogen-bond donors (Lipinski definition) is 2. The predicted octanol–water partition coefficient (Wildman–Crippen LogP) is -1.23. The minimum atomic E-state index is -0.815. The Morgan fingerprint density at radius 1 is 1.60 bits per heavy atom. The van der Waals surface area contributed by atoms with Gasteiger partial charge in [0.15, 0.2) is 0 Å². The minimum absolute atomic E-state index is 0.187. The van der Waals surface area contributed by atoms with Crippen LogP contribution in [0.5, 0.6) is 0 Å². The number of aromatic nitrogens is 3. The lowest BCUT2D eigenvalue weighted by Gasteiger charge is -1.97. The van der Waals surface area contributed by atoms with Crippen LogP contribution in [0.3, 0.4) is 0 Å². The van der Waals surface area contributed by atoms with Crippen molar-refractivity contribution in [2.45, 2.75) is 6.92 Å². The van der Waals surface area contributed by atoms with Gasteiger partial charge >= 0.3 is 5.69 Å². The fourth-order valence-electron chi connectivity index (χ4n) is 0.522. The molecule has 6 heteroatoms. The monoisotopic (exact) mass is 142 g/mol. The summed E-state index contributed by atoms with van der Waals surface area (Å²) in [5.41, 5.74) is 4.27. The second-order valence-corrected chi connectivity index (χ2v) is 1.72. The van der Waals surface area contributed by atoms with E-state index in [4.69, 9.17) is 10.9 Å². The van der Waals surface area contributed by atoms with Crippen molar-refractivity contribution in [1.29, 1.82) is 0 Å². The molecule has 1 aromatic rings. The molecule has 0 aliphatic heterocycles. The SMILES string of the molecule is Cc1nc(N)n(O)c(=O)n1. The number of nitrogens with two attached hydrogens (primary N) is 1. The Labute approximate surface area is 55.9 Å². The molecule has 0 atom stereocenters. The smallest absolute Gasteiger partial charge is 0.385 e. The third-order valence-electron chi connectivity index (χ3n) is 0.932. The van der Waals surface area contributed by atoms with Gasteiger partial charge in [-0.3, -0.25) is 0 Å². The highest BCUT2D eigenvalue weighted by Gasteiger charge is 2.00. The van der Waals surface area contributed by atoms with Crippen molar-refractivity contribution in [2.75, 3.05) is 5.73 Å². The van der Waals surface area contributed by atoms with E-state index in [1.54, 1.807) is 0 Å². The summed E-state index contributed by atoms with van der Waals surface area (Å²) >= 11 is 0. The fourth-order valence-corrected chi connectivity index (χ4v) is 0.522. The van der Waals surface area contributed by atoms with Crippen LogP contribution in [0.2, 0.25) is 0 Å². The first-order valence-electron chi connectivity index (χ1n) is 2.53. The van der Waals surface area contributed by atoms with Crippen LogP contribution in [0, 0.1) is 6.92 Å². The Hall–Kier alpha value is -1.59. The van der Waals surface area contributed by atoms with E-state index >= 15 is 0 Å². The van der Waals surface area contributed by atoms with Crippen molar-refractivity contribution in [3.63, 3.8) is 0 Å². The van der Waals surface area contributed by atoms with Crippen molar-refractivity contribution in [3.8, 4) is 0 Å². The zero-order chi connectivity index (χ0) is 7.72. The molecule has 0 spiro atoms. The van der Waals surface area contributed by atoms with E-state index in [0.717, 1.165) is 0 Å². The quantitative estimate of drug-likeness (QED) is 0.442. The Morgan fingerprint density at radius 2 is 2.20 bits per heavy atom. The molecule has 0 unspecified atom stereocenters. The Bertz CT molecular complexity index is 305. The molecule has 0 aliphatic rings. The molecule has 1 rings (SSSR count). The molecule has 10 heavy (non-hydrogen) atoms. The zero-order valence-electron chi connectivity index (χ0n) is 5.27. The van der Waals surface area contributed by atoms with Gasteiger partial charge in [0.25, 0.3) is 0 Å². The molecule has 0 saturated heterocycles. The minimum Gasteiger partial charge on any atom is -0.421 e. The molecule has 0 saturated carbocycles. The Balaban J connectivity index is 3.46. The van der Waals surface area contributed by atoms with Crippen LogP contribution in [0.15, 0.2) is 4.79 Å². The maximum atomic E-state index is 10.5. The zero-order valence-corrected chi connectivity index (χ0v) is 5.27. The summed E-state index contributed by atoms with van der Waals surface area (Å²) in [6.07, 6.45) is 0. The summed E-state index contributed by atoms with van der Waals surface area (Å²) in [5.74, 6) is -0.00898. The van der Waals surface area contributed by atoms with Gasteiger partial charge in [-0.05, 0) is 6.92 Å². The van der Waals surface area contributed by atoms with E-state index in [-0.39, 0.29) is 16.5 Å². The van der Waals surface area contributed by atoms with Crippen LogP contribution in [0.25, 0.3) is 0 Å². The maximum Gasteiger partial charge on any atom is 0.385 e. The third kappa shape index (κ3) is 0.903. The highest BCUT2D eigenvalue weighted by molar-refractivity contribution is 5.13. The molecule has 0 amide bonds.